The average molecular weight is 369 g/mol. The minimum atomic E-state index is -3.21. The summed E-state index contributed by atoms with van der Waals surface area (Å²) in [4.78, 5) is 4.52. The topological polar surface area (TPSA) is 73.8 Å². The van der Waals surface area contributed by atoms with Gasteiger partial charge in [0.15, 0.2) is 5.96 Å². The summed E-state index contributed by atoms with van der Waals surface area (Å²) in [5.74, 6) is 0.744. The second-order valence-corrected chi connectivity index (χ2v) is 7.77. The number of hydrogen-bond acceptors (Lipinski definition) is 3. The molecule has 0 aromatic heterocycles. The third-order valence-corrected chi connectivity index (χ3v) is 5.86. The van der Waals surface area contributed by atoms with E-state index in [1.165, 1.54) is 9.87 Å². The van der Waals surface area contributed by atoms with Crippen molar-refractivity contribution in [1.82, 2.24) is 14.9 Å². The molecule has 0 bridgehead atoms. The summed E-state index contributed by atoms with van der Waals surface area (Å²) in [5, 5.41) is 6.27. The van der Waals surface area contributed by atoms with Crippen LogP contribution in [0.25, 0.3) is 0 Å². The normalized spacial score (nSPS) is 12.4. The third-order valence-electron chi connectivity index (χ3n) is 3.83. The third kappa shape index (κ3) is 8.36. The van der Waals surface area contributed by atoms with Crippen LogP contribution in [-0.4, -0.2) is 57.2 Å². The van der Waals surface area contributed by atoms with E-state index in [-0.39, 0.29) is 5.75 Å². The van der Waals surface area contributed by atoms with Crippen LogP contribution >= 0.6 is 0 Å². The smallest absolute Gasteiger partial charge is 0.215 e. The van der Waals surface area contributed by atoms with Crippen molar-refractivity contribution in [3.8, 4) is 0 Å². The first kappa shape index (κ1) is 21.4. The highest BCUT2D eigenvalue weighted by atomic mass is 32.2. The molecule has 0 unspecified atom stereocenters. The highest BCUT2D eigenvalue weighted by Gasteiger charge is 2.18. The minimum Gasteiger partial charge on any atom is -0.357 e. The van der Waals surface area contributed by atoms with Crippen LogP contribution in [0.4, 0.5) is 0 Å². The monoisotopic (exact) mass is 368 g/mol. The zero-order chi connectivity index (χ0) is 18.5. The molecule has 142 valence electrons. The van der Waals surface area contributed by atoms with E-state index < -0.39 is 10.0 Å². The molecule has 0 amide bonds. The zero-order valence-corrected chi connectivity index (χ0v) is 16.5. The molecule has 7 heteroatoms. The van der Waals surface area contributed by atoms with Gasteiger partial charge in [-0.2, -0.15) is 0 Å². The first-order valence-electron chi connectivity index (χ1n) is 9.07. The number of benzene rings is 1. The van der Waals surface area contributed by atoms with Gasteiger partial charge in [-0.05, 0) is 25.3 Å². The Morgan fingerprint density at radius 3 is 2.36 bits per heavy atom. The van der Waals surface area contributed by atoms with Crippen molar-refractivity contribution in [3.05, 3.63) is 35.9 Å². The van der Waals surface area contributed by atoms with Crippen molar-refractivity contribution in [2.24, 2.45) is 4.99 Å². The van der Waals surface area contributed by atoms with E-state index in [0.29, 0.717) is 32.1 Å². The van der Waals surface area contributed by atoms with E-state index in [4.69, 9.17) is 0 Å². The summed E-state index contributed by atoms with van der Waals surface area (Å²) in [7, 11) is -3.21. The molecule has 0 aliphatic carbocycles. The van der Waals surface area contributed by atoms with Crippen molar-refractivity contribution in [2.45, 2.75) is 33.6 Å². The summed E-state index contributed by atoms with van der Waals surface area (Å²) in [6, 6.07) is 10.3. The summed E-state index contributed by atoms with van der Waals surface area (Å²) in [6.07, 6.45) is 1.94. The van der Waals surface area contributed by atoms with Crippen molar-refractivity contribution >= 4 is 16.0 Å². The Hall–Kier alpha value is -1.60. The maximum atomic E-state index is 12.2. The SMILES string of the molecule is CCNC(=NCCCc1ccccc1)NCCS(=O)(=O)N(CC)CC. The average Bonchev–Trinajstić information content (AvgIpc) is 2.60. The molecule has 1 aromatic carbocycles. The fraction of sp³-hybridized carbons (Fsp3) is 0.611. The Bertz CT molecular complexity index is 599. The molecule has 0 radical (unpaired) electrons. The second-order valence-electron chi connectivity index (χ2n) is 5.68. The van der Waals surface area contributed by atoms with Crippen LogP contribution in [0.3, 0.4) is 0 Å². The first-order valence-corrected chi connectivity index (χ1v) is 10.7. The predicted octanol–water partition coefficient (Wildman–Crippen LogP) is 1.85. The summed E-state index contributed by atoms with van der Waals surface area (Å²) >= 11 is 0. The largest absolute Gasteiger partial charge is 0.357 e. The van der Waals surface area contributed by atoms with Crippen molar-refractivity contribution in [3.63, 3.8) is 0 Å². The Balaban J connectivity index is 2.42. The Kier molecular flexibility index (Phi) is 10.2. The van der Waals surface area contributed by atoms with Crippen LogP contribution in [0.5, 0.6) is 0 Å². The summed E-state index contributed by atoms with van der Waals surface area (Å²) < 4.78 is 25.8. The maximum absolute atomic E-state index is 12.2. The number of aliphatic imine (C=N–C) groups is 1. The van der Waals surface area contributed by atoms with Crippen LogP contribution in [0, 0.1) is 0 Å². The zero-order valence-electron chi connectivity index (χ0n) is 15.7. The van der Waals surface area contributed by atoms with Gasteiger partial charge in [0.05, 0.1) is 5.75 Å². The van der Waals surface area contributed by atoms with Crippen LogP contribution in [-0.2, 0) is 16.4 Å². The molecule has 0 heterocycles. The minimum absolute atomic E-state index is 0.0725. The molecule has 0 aliphatic rings. The molecule has 0 fully saturated rings. The lowest BCUT2D eigenvalue weighted by molar-refractivity contribution is 0.445. The fourth-order valence-corrected chi connectivity index (χ4v) is 3.91. The number of nitrogens with one attached hydrogen (secondary N) is 2. The molecule has 0 spiro atoms. The molecule has 1 aromatic rings. The highest BCUT2D eigenvalue weighted by Crippen LogP contribution is 2.02. The predicted molar refractivity (Wildman–Crippen MR) is 105 cm³/mol. The quantitative estimate of drug-likeness (QED) is 0.355. The highest BCUT2D eigenvalue weighted by molar-refractivity contribution is 7.89. The Labute approximate surface area is 152 Å². The van der Waals surface area contributed by atoms with Crippen LogP contribution in [0.15, 0.2) is 35.3 Å². The van der Waals surface area contributed by atoms with Crippen molar-refractivity contribution in [1.29, 1.82) is 0 Å². The Morgan fingerprint density at radius 1 is 1.08 bits per heavy atom. The van der Waals surface area contributed by atoms with Gasteiger partial charge in [-0.3, -0.25) is 4.99 Å². The molecular weight excluding hydrogens is 336 g/mol. The number of guanidine groups is 1. The number of rotatable bonds is 11. The summed E-state index contributed by atoms with van der Waals surface area (Å²) in [6.45, 7) is 8.51. The van der Waals surface area contributed by atoms with E-state index in [9.17, 15) is 8.42 Å². The molecular formula is C18H32N4O2S. The van der Waals surface area contributed by atoms with E-state index >= 15 is 0 Å². The van der Waals surface area contributed by atoms with Crippen molar-refractivity contribution < 1.29 is 8.42 Å². The molecule has 0 aliphatic heterocycles. The van der Waals surface area contributed by atoms with Gasteiger partial charge >= 0.3 is 0 Å². The van der Waals surface area contributed by atoms with Gasteiger partial charge in [0, 0.05) is 32.7 Å². The fourth-order valence-electron chi connectivity index (χ4n) is 2.50. The molecule has 0 saturated carbocycles. The first-order chi connectivity index (χ1) is 12.0. The molecule has 1 rings (SSSR count). The van der Waals surface area contributed by atoms with Crippen LogP contribution in [0.1, 0.15) is 32.8 Å². The van der Waals surface area contributed by atoms with E-state index in [1.54, 1.807) is 0 Å². The van der Waals surface area contributed by atoms with E-state index in [0.717, 1.165) is 19.4 Å². The molecule has 25 heavy (non-hydrogen) atoms. The maximum Gasteiger partial charge on any atom is 0.215 e. The lowest BCUT2D eigenvalue weighted by Crippen LogP contribution is -2.42. The van der Waals surface area contributed by atoms with E-state index in [1.807, 2.05) is 39.0 Å². The van der Waals surface area contributed by atoms with Gasteiger partial charge in [-0.15, -0.1) is 0 Å². The second kappa shape index (κ2) is 11.9. The number of aryl methyl sites for hydroxylation is 1. The van der Waals surface area contributed by atoms with Crippen LogP contribution in [0.2, 0.25) is 0 Å². The van der Waals surface area contributed by atoms with Gasteiger partial charge in [0.2, 0.25) is 10.0 Å². The van der Waals surface area contributed by atoms with Crippen molar-refractivity contribution in [2.75, 3.05) is 38.5 Å². The van der Waals surface area contributed by atoms with E-state index in [2.05, 4.69) is 27.8 Å². The molecule has 2 N–H and O–H groups in total. The molecule has 6 nitrogen and oxygen atoms in total. The van der Waals surface area contributed by atoms with Gasteiger partial charge < -0.3 is 10.6 Å². The number of nitrogens with zero attached hydrogens (tertiary/aromatic N) is 2. The molecule has 0 saturated heterocycles. The van der Waals surface area contributed by atoms with Gasteiger partial charge in [0.1, 0.15) is 0 Å². The van der Waals surface area contributed by atoms with Gasteiger partial charge in [0.25, 0.3) is 0 Å². The summed E-state index contributed by atoms with van der Waals surface area (Å²) in [5.41, 5.74) is 1.31. The lowest BCUT2D eigenvalue weighted by Gasteiger charge is -2.19. The number of hydrogen-bond donors (Lipinski definition) is 2. The van der Waals surface area contributed by atoms with Crippen LogP contribution < -0.4 is 10.6 Å². The number of sulfonamides is 1. The van der Waals surface area contributed by atoms with Gasteiger partial charge in [-0.25, -0.2) is 12.7 Å². The van der Waals surface area contributed by atoms with Gasteiger partial charge in [-0.1, -0.05) is 44.2 Å². The standard InChI is InChI=1S/C18H32N4O2S/c1-4-19-18(20-14-10-13-17-11-8-7-9-12-17)21-15-16-25(23,24)22(5-2)6-3/h7-9,11-12H,4-6,10,13-16H2,1-3H3,(H2,19,20,21). The lowest BCUT2D eigenvalue weighted by atomic mass is 10.1. The molecule has 0 atom stereocenters. The Morgan fingerprint density at radius 2 is 1.76 bits per heavy atom.